The maximum absolute atomic E-state index is 12.7. The summed E-state index contributed by atoms with van der Waals surface area (Å²) in [5.74, 6) is 0. The van der Waals surface area contributed by atoms with Gasteiger partial charge < -0.3 is 9.47 Å². The lowest BCUT2D eigenvalue weighted by Crippen LogP contribution is -2.33. The Hall–Kier alpha value is -2.81. The van der Waals surface area contributed by atoms with Crippen LogP contribution in [0.1, 0.15) is 22.5 Å². The minimum atomic E-state index is -4.35. The molecular formula is C18H15ClF3N5O. The number of fused-ring (bicyclic) bond motifs is 1. The molecule has 0 spiro atoms. The second kappa shape index (κ2) is 6.97. The van der Waals surface area contributed by atoms with Gasteiger partial charge in [-0.05, 0) is 17.7 Å². The minimum absolute atomic E-state index is 0.0762. The highest BCUT2D eigenvalue weighted by molar-refractivity contribution is 6.32. The first-order chi connectivity index (χ1) is 13.3. The Morgan fingerprint density at radius 3 is 2.68 bits per heavy atom. The second-order valence-corrected chi connectivity index (χ2v) is 6.91. The van der Waals surface area contributed by atoms with Crippen LogP contribution in [-0.4, -0.2) is 26.3 Å². The molecule has 10 heteroatoms. The van der Waals surface area contributed by atoms with Gasteiger partial charge in [-0.15, -0.1) is 0 Å². The molecule has 28 heavy (non-hydrogen) atoms. The van der Waals surface area contributed by atoms with Gasteiger partial charge in [0.1, 0.15) is 5.02 Å². The monoisotopic (exact) mass is 409 g/mol. The van der Waals surface area contributed by atoms with Crippen molar-refractivity contribution in [3.8, 4) is 0 Å². The van der Waals surface area contributed by atoms with Crippen LogP contribution >= 0.6 is 11.6 Å². The molecule has 0 radical (unpaired) electrons. The molecule has 0 bridgehead atoms. The van der Waals surface area contributed by atoms with Gasteiger partial charge in [-0.25, -0.2) is 10.1 Å². The largest absolute Gasteiger partial charge is 0.416 e. The summed E-state index contributed by atoms with van der Waals surface area (Å²) in [6.45, 7) is 1.51. The van der Waals surface area contributed by atoms with Gasteiger partial charge in [-0.3, -0.25) is 4.79 Å². The van der Waals surface area contributed by atoms with Crippen LogP contribution in [0.3, 0.4) is 0 Å². The van der Waals surface area contributed by atoms with Gasteiger partial charge in [0, 0.05) is 19.5 Å². The lowest BCUT2D eigenvalue weighted by Gasteiger charge is -2.29. The zero-order chi connectivity index (χ0) is 19.9. The summed E-state index contributed by atoms with van der Waals surface area (Å²) >= 11 is 6.11. The second-order valence-electron chi connectivity index (χ2n) is 6.53. The molecule has 0 saturated carbocycles. The first-order valence-electron chi connectivity index (χ1n) is 8.50. The van der Waals surface area contributed by atoms with Gasteiger partial charge in [0.15, 0.2) is 0 Å². The highest BCUT2D eigenvalue weighted by atomic mass is 35.5. The maximum atomic E-state index is 12.7. The van der Waals surface area contributed by atoms with Crippen molar-refractivity contribution >= 4 is 17.3 Å². The van der Waals surface area contributed by atoms with E-state index in [1.165, 1.54) is 18.3 Å². The third-order valence-electron chi connectivity index (χ3n) is 4.74. The fourth-order valence-corrected chi connectivity index (χ4v) is 3.48. The predicted molar refractivity (Wildman–Crippen MR) is 97.4 cm³/mol. The molecule has 0 fully saturated rings. The number of rotatable bonds is 3. The number of imidazole rings is 1. The smallest absolute Gasteiger partial charge is 0.363 e. The number of nitrogens with zero attached hydrogens (tertiary/aromatic N) is 4. The molecule has 1 N–H and O–H groups in total. The number of anilines is 1. The molecule has 1 aromatic carbocycles. The Labute approximate surface area is 162 Å². The number of H-pyrrole nitrogens is 1. The van der Waals surface area contributed by atoms with Crippen LogP contribution in [0.25, 0.3) is 0 Å². The fraction of sp³-hybridized carbons (Fsp3) is 0.278. The van der Waals surface area contributed by atoms with Gasteiger partial charge in [0.2, 0.25) is 0 Å². The first-order valence-corrected chi connectivity index (χ1v) is 8.88. The van der Waals surface area contributed by atoms with Crippen LogP contribution in [0.15, 0.2) is 41.6 Å². The number of hydrogen-bond acceptors (Lipinski definition) is 4. The van der Waals surface area contributed by atoms with E-state index in [9.17, 15) is 18.0 Å². The van der Waals surface area contributed by atoms with E-state index in [2.05, 4.69) is 15.2 Å². The topological polar surface area (TPSA) is 66.8 Å². The SMILES string of the molecule is O=c1[nH]ncc(N2CCc3ncn(Cc4ccc(C(F)(F)F)cc4)c3C2)c1Cl. The predicted octanol–water partition coefficient (Wildman–Crippen LogP) is 3.25. The molecule has 0 amide bonds. The fourth-order valence-electron chi connectivity index (χ4n) is 3.27. The maximum Gasteiger partial charge on any atom is 0.416 e. The molecule has 6 nitrogen and oxygen atoms in total. The van der Waals surface area contributed by atoms with Crippen LogP contribution in [0.4, 0.5) is 18.9 Å². The van der Waals surface area contributed by atoms with Gasteiger partial charge in [-0.1, -0.05) is 23.7 Å². The number of alkyl halides is 3. The van der Waals surface area contributed by atoms with Crippen molar-refractivity contribution in [2.75, 3.05) is 11.4 Å². The summed E-state index contributed by atoms with van der Waals surface area (Å²) < 4.78 is 40.1. The first kappa shape index (κ1) is 18.5. The van der Waals surface area contributed by atoms with Crippen LogP contribution in [0.5, 0.6) is 0 Å². The normalized spacial score (nSPS) is 14.2. The number of benzene rings is 1. The lowest BCUT2D eigenvalue weighted by atomic mass is 10.1. The van der Waals surface area contributed by atoms with Crippen molar-refractivity contribution < 1.29 is 13.2 Å². The average molecular weight is 410 g/mol. The third kappa shape index (κ3) is 3.49. The molecule has 0 atom stereocenters. The molecule has 3 aromatic rings. The van der Waals surface area contributed by atoms with E-state index in [0.717, 1.165) is 29.1 Å². The number of hydrogen-bond donors (Lipinski definition) is 1. The van der Waals surface area contributed by atoms with Crippen LogP contribution in [0.2, 0.25) is 5.02 Å². The Kier molecular flexibility index (Phi) is 4.62. The standard InChI is InChI=1S/C18H15ClF3N5O/c19-16-14(7-24-25-17(16)28)26-6-5-13-15(9-26)27(10-23-13)8-11-1-3-12(4-2-11)18(20,21)22/h1-4,7,10H,5-6,8-9H2,(H,25,28). The van der Waals surface area contributed by atoms with Crippen LogP contribution < -0.4 is 10.5 Å². The average Bonchev–Trinajstić information content (AvgIpc) is 3.06. The summed E-state index contributed by atoms with van der Waals surface area (Å²) in [4.78, 5) is 18.1. The van der Waals surface area contributed by atoms with E-state index in [0.29, 0.717) is 31.7 Å². The van der Waals surface area contributed by atoms with Crippen molar-refractivity contribution in [3.05, 3.63) is 74.7 Å². The van der Waals surface area contributed by atoms with Crippen molar-refractivity contribution in [2.24, 2.45) is 0 Å². The molecule has 2 aromatic heterocycles. The van der Waals surface area contributed by atoms with E-state index in [4.69, 9.17) is 11.6 Å². The molecule has 3 heterocycles. The molecule has 4 rings (SSSR count). The molecule has 146 valence electrons. The Morgan fingerprint density at radius 1 is 1.21 bits per heavy atom. The molecule has 0 saturated heterocycles. The Bertz CT molecular complexity index is 1060. The summed E-state index contributed by atoms with van der Waals surface area (Å²) in [6.07, 6.45) is -0.499. The van der Waals surface area contributed by atoms with Crippen LogP contribution in [-0.2, 0) is 25.7 Å². The van der Waals surface area contributed by atoms with Gasteiger partial charge >= 0.3 is 6.18 Å². The molecule has 1 aliphatic rings. The van der Waals surface area contributed by atoms with E-state index >= 15 is 0 Å². The Morgan fingerprint density at radius 2 is 1.96 bits per heavy atom. The number of aromatic nitrogens is 4. The van der Waals surface area contributed by atoms with E-state index in [1.807, 2.05) is 9.47 Å². The third-order valence-corrected chi connectivity index (χ3v) is 5.11. The minimum Gasteiger partial charge on any atom is -0.363 e. The molecule has 0 unspecified atom stereocenters. The highest BCUT2D eigenvalue weighted by Crippen LogP contribution is 2.30. The van der Waals surface area contributed by atoms with E-state index in [1.54, 1.807) is 6.33 Å². The Balaban J connectivity index is 1.57. The van der Waals surface area contributed by atoms with Crippen molar-refractivity contribution in [3.63, 3.8) is 0 Å². The highest BCUT2D eigenvalue weighted by Gasteiger charge is 2.30. The van der Waals surface area contributed by atoms with Crippen molar-refractivity contribution in [1.29, 1.82) is 0 Å². The quantitative estimate of drug-likeness (QED) is 0.721. The van der Waals surface area contributed by atoms with Gasteiger partial charge in [0.05, 0.1) is 41.7 Å². The zero-order valence-electron chi connectivity index (χ0n) is 14.5. The van der Waals surface area contributed by atoms with Crippen molar-refractivity contribution in [2.45, 2.75) is 25.7 Å². The molecule has 0 aliphatic carbocycles. The van der Waals surface area contributed by atoms with Crippen molar-refractivity contribution in [1.82, 2.24) is 19.7 Å². The number of halogens is 4. The summed E-state index contributed by atoms with van der Waals surface area (Å²) in [7, 11) is 0. The molecular weight excluding hydrogens is 395 g/mol. The van der Waals surface area contributed by atoms with E-state index < -0.39 is 17.3 Å². The van der Waals surface area contributed by atoms with E-state index in [-0.39, 0.29) is 5.02 Å². The number of aromatic amines is 1. The summed E-state index contributed by atoms with van der Waals surface area (Å²) in [6, 6.07) is 5.08. The summed E-state index contributed by atoms with van der Waals surface area (Å²) in [5.41, 5.74) is 2.01. The van der Waals surface area contributed by atoms with Crippen LogP contribution in [0, 0.1) is 0 Å². The molecule has 1 aliphatic heterocycles. The van der Waals surface area contributed by atoms with Gasteiger partial charge in [0.25, 0.3) is 5.56 Å². The summed E-state index contributed by atoms with van der Waals surface area (Å²) in [5, 5.41) is 6.17. The van der Waals surface area contributed by atoms with Gasteiger partial charge in [-0.2, -0.15) is 18.3 Å². The zero-order valence-corrected chi connectivity index (χ0v) is 15.3. The lowest BCUT2D eigenvalue weighted by molar-refractivity contribution is -0.137. The number of nitrogens with one attached hydrogen (secondary N) is 1.